The zero-order valence-electron chi connectivity index (χ0n) is 11.6. The fourth-order valence-electron chi connectivity index (χ4n) is 2.34. The summed E-state index contributed by atoms with van der Waals surface area (Å²) in [5, 5.41) is 3.47. The lowest BCUT2D eigenvalue weighted by Crippen LogP contribution is -2.67. The van der Waals surface area contributed by atoms with Crippen molar-refractivity contribution in [3.05, 3.63) is 0 Å². The average Bonchev–Trinajstić information content (AvgIpc) is 2.20. The fraction of sp³-hybridized carbons (Fsp3) is 0.923. The van der Waals surface area contributed by atoms with Crippen LogP contribution in [0.2, 0.25) is 0 Å². The van der Waals surface area contributed by atoms with E-state index in [1.165, 1.54) is 0 Å². The lowest BCUT2D eigenvalue weighted by molar-refractivity contribution is -0.156. The molecular formula is C13H25NO2S. The minimum Gasteiger partial charge on any atom is -0.465 e. The van der Waals surface area contributed by atoms with E-state index in [9.17, 15) is 4.79 Å². The van der Waals surface area contributed by atoms with Gasteiger partial charge in [0, 0.05) is 11.8 Å². The molecule has 1 aliphatic heterocycles. The van der Waals surface area contributed by atoms with Crippen LogP contribution in [0.25, 0.3) is 0 Å². The van der Waals surface area contributed by atoms with E-state index in [1.54, 1.807) is 0 Å². The molecule has 0 aromatic rings. The maximum absolute atomic E-state index is 12.4. The highest BCUT2D eigenvalue weighted by molar-refractivity contribution is 7.99. The second-order valence-electron chi connectivity index (χ2n) is 5.61. The molecule has 100 valence electrons. The van der Waals surface area contributed by atoms with Gasteiger partial charge in [0.25, 0.3) is 0 Å². The third-order valence-corrected chi connectivity index (χ3v) is 4.63. The molecule has 0 radical (unpaired) electrons. The predicted molar refractivity (Wildman–Crippen MR) is 73.4 cm³/mol. The zero-order valence-corrected chi connectivity index (χ0v) is 12.4. The molecule has 17 heavy (non-hydrogen) atoms. The highest BCUT2D eigenvalue weighted by Gasteiger charge is 2.53. The molecule has 0 bridgehead atoms. The summed E-state index contributed by atoms with van der Waals surface area (Å²) >= 11 is 1.84. The SMILES string of the molecule is CCOC(=O)C1(NC(C)C)CSCCC1(C)C. The Morgan fingerprint density at radius 2 is 2.12 bits per heavy atom. The van der Waals surface area contributed by atoms with Crippen molar-refractivity contribution < 1.29 is 9.53 Å². The summed E-state index contributed by atoms with van der Waals surface area (Å²) in [4.78, 5) is 12.4. The minimum atomic E-state index is -0.542. The first kappa shape index (κ1) is 14.8. The fourth-order valence-corrected chi connectivity index (χ4v) is 4.04. The Balaban J connectivity index is 3.02. The normalized spacial score (nSPS) is 28.1. The number of carbonyl (C=O) groups excluding carboxylic acids is 1. The van der Waals surface area contributed by atoms with Crippen LogP contribution in [0, 0.1) is 5.41 Å². The van der Waals surface area contributed by atoms with E-state index in [1.807, 2.05) is 18.7 Å². The van der Waals surface area contributed by atoms with E-state index >= 15 is 0 Å². The Morgan fingerprint density at radius 1 is 1.47 bits per heavy atom. The van der Waals surface area contributed by atoms with Gasteiger partial charge in [0.2, 0.25) is 0 Å². The van der Waals surface area contributed by atoms with Crippen molar-refractivity contribution in [2.24, 2.45) is 5.41 Å². The van der Waals surface area contributed by atoms with Crippen molar-refractivity contribution in [1.29, 1.82) is 0 Å². The van der Waals surface area contributed by atoms with Crippen LogP contribution in [0.1, 0.15) is 41.0 Å². The summed E-state index contributed by atoms with van der Waals surface area (Å²) in [6.45, 7) is 10.8. The molecule has 4 heteroatoms. The Bertz CT molecular complexity index is 279. The summed E-state index contributed by atoms with van der Waals surface area (Å²) in [5.41, 5.74) is -0.602. The van der Waals surface area contributed by atoms with Gasteiger partial charge in [0.1, 0.15) is 5.54 Å². The summed E-state index contributed by atoms with van der Waals surface area (Å²) < 4.78 is 5.31. The quantitative estimate of drug-likeness (QED) is 0.787. The number of thioether (sulfide) groups is 1. The van der Waals surface area contributed by atoms with Crippen molar-refractivity contribution >= 4 is 17.7 Å². The van der Waals surface area contributed by atoms with E-state index in [2.05, 4.69) is 33.0 Å². The molecule has 1 N–H and O–H groups in total. The van der Waals surface area contributed by atoms with Gasteiger partial charge in [-0.05, 0) is 38.4 Å². The Hall–Kier alpha value is -0.220. The maximum atomic E-state index is 12.4. The molecule has 0 spiro atoms. The minimum absolute atomic E-state index is 0.0607. The predicted octanol–water partition coefficient (Wildman–Crippen LogP) is 2.45. The molecule has 1 fully saturated rings. The van der Waals surface area contributed by atoms with Crippen molar-refractivity contribution in [3.63, 3.8) is 0 Å². The Morgan fingerprint density at radius 3 is 2.59 bits per heavy atom. The number of hydrogen-bond acceptors (Lipinski definition) is 4. The second kappa shape index (κ2) is 5.61. The number of carbonyl (C=O) groups is 1. The first-order valence-electron chi connectivity index (χ1n) is 6.38. The van der Waals surface area contributed by atoms with Gasteiger partial charge in [-0.15, -0.1) is 0 Å². The number of nitrogens with one attached hydrogen (secondary N) is 1. The molecule has 0 amide bonds. The molecule has 0 aromatic heterocycles. The lowest BCUT2D eigenvalue weighted by atomic mass is 9.70. The molecule has 1 unspecified atom stereocenters. The third kappa shape index (κ3) is 2.97. The van der Waals surface area contributed by atoms with E-state index in [0.29, 0.717) is 6.61 Å². The van der Waals surface area contributed by atoms with Gasteiger partial charge in [-0.1, -0.05) is 13.8 Å². The van der Waals surface area contributed by atoms with Crippen molar-refractivity contribution in [2.45, 2.75) is 52.6 Å². The van der Waals surface area contributed by atoms with E-state index in [0.717, 1.165) is 17.9 Å². The summed E-state index contributed by atoms with van der Waals surface area (Å²) in [6.07, 6.45) is 1.04. The van der Waals surface area contributed by atoms with Crippen LogP contribution in [-0.2, 0) is 9.53 Å². The van der Waals surface area contributed by atoms with Gasteiger partial charge < -0.3 is 4.74 Å². The van der Waals surface area contributed by atoms with Gasteiger partial charge in [-0.25, -0.2) is 4.79 Å². The molecule has 1 saturated heterocycles. The first-order chi connectivity index (χ1) is 7.85. The molecule has 0 aromatic carbocycles. The van der Waals surface area contributed by atoms with Crippen LogP contribution in [0.15, 0.2) is 0 Å². The zero-order chi connectivity index (χ0) is 13.1. The summed E-state index contributed by atoms with van der Waals surface area (Å²) in [6, 6.07) is 0.275. The average molecular weight is 259 g/mol. The van der Waals surface area contributed by atoms with E-state index < -0.39 is 5.54 Å². The maximum Gasteiger partial charge on any atom is 0.327 e. The molecular weight excluding hydrogens is 234 g/mol. The molecule has 3 nitrogen and oxygen atoms in total. The molecule has 1 heterocycles. The van der Waals surface area contributed by atoms with Crippen LogP contribution in [-0.4, -0.2) is 35.7 Å². The standard InChI is InChI=1S/C13H25NO2S/c1-6-16-11(15)13(14-10(2)3)9-17-8-7-12(13,4)5/h10,14H,6-9H2,1-5H3. The molecule has 0 aliphatic carbocycles. The van der Waals surface area contributed by atoms with Gasteiger partial charge in [-0.2, -0.15) is 11.8 Å². The van der Waals surface area contributed by atoms with Crippen LogP contribution >= 0.6 is 11.8 Å². The third-order valence-electron chi connectivity index (χ3n) is 3.50. The number of hydrogen-bond donors (Lipinski definition) is 1. The summed E-state index contributed by atoms with van der Waals surface area (Å²) in [7, 11) is 0. The van der Waals surface area contributed by atoms with Crippen LogP contribution in [0.4, 0.5) is 0 Å². The first-order valence-corrected chi connectivity index (χ1v) is 7.54. The number of ether oxygens (including phenoxy) is 1. The van der Waals surface area contributed by atoms with Crippen molar-refractivity contribution in [2.75, 3.05) is 18.1 Å². The van der Waals surface area contributed by atoms with Crippen LogP contribution in [0.3, 0.4) is 0 Å². The van der Waals surface area contributed by atoms with Gasteiger partial charge >= 0.3 is 5.97 Å². The Kier molecular flexibility index (Phi) is 4.90. The monoisotopic (exact) mass is 259 g/mol. The van der Waals surface area contributed by atoms with E-state index in [4.69, 9.17) is 4.74 Å². The van der Waals surface area contributed by atoms with Crippen molar-refractivity contribution in [3.8, 4) is 0 Å². The van der Waals surface area contributed by atoms with Gasteiger partial charge in [-0.3, -0.25) is 5.32 Å². The van der Waals surface area contributed by atoms with Crippen molar-refractivity contribution in [1.82, 2.24) is 5.32 Å². The largest absolute Gasteiger partial charge is 0.465 e. The number of esters is 1. The topological polar surface area (TPSA) is 38.3 Å². The molecule has 1 atom stereocenters. The molecule has 0 saturated carbocycles. The van der Waals surface area contributed by atoms with Crippen LogP contribution in [0.5, 0.6) is 0 Å². The molecule has 1 rings (SSSR count). The highest BCUT2D eigenvalue weighted by atomic mass is 32.2. The smallest absolute Gasteiger partial charge is 0.327 e. The second-order valence-corrected chi connectivity index (χ2v) is 6.72. The van der Waals surface area contributed by atoms with Crippen LogP contribution < -0.4 is 5.32 Å². The van der Waals surface area contributed by atoms with E-state index in [-0.39, 0.29) is 17.4 Å². The lowest BCUT2D eigenvalue weighted by Gasteiger charge is -2.49. The summed E-state index contributed by atoms with van der Waals surface area (Å²) in [5.74, 6) is 1.83. The van der Waals surface area contributed by atoms with Gasteiger partial charge in [0.05, 0.1) is 6.61 Å². The molecule has 1 aliphatic rings. The number of rotatable bonds is 4. The Labute approximate surface area is 109 Å². The van der Waals surface area contributed by atoms with Gasteiger partial charge in [0.15, 0.2) is 0 Å². The highest BCUT2D eigenvalue weighted by Crippen LogP contribution is 2.43.